The van der Waals surface area contributed by atoms with Crippen LogP contribution in [0.4, 0.5) is 4.79 Å². The lowest BCUT2D eigenvalue weighted by atomic mass is 9.88. The van der Waals surface area contributed by atoms with Gasteiger partial charge in [-0.15, -0.1) is 0 Å². The van der Waals surface area contributed by atoms with E-state index in [-0.39, 0.29) is 17.7 Å². The first-order valence-corrected chi connectivity index (χ1v) is 11.7. The van der Waals surface area contributed by atoms with Crippen molar-refractivity contribution in [3.63, 3.8) is 0 Å². The van der Waals surface area contributed by atoms with E-state index in [0.717, 1.165) is 28.6 Å². The maximum Gasteiger partial charge on any atom is 0.328 e. The van der Waals surface area contributed by atoms with Crippen molar-refractivity contribution in [1.82, 2.24) is 14.8 Å². The molecule has 2 N–H and O–H groups in total. The highest BCUT2D eigenvalue weighted by molar-refractivity contribution is 6.05. The molecule has 0 bridgehead atoms. The zero-order valence-electron chi connectivity index (χ0n) is 19.3. The molecule has 0 radical (unpaired) electrons. The number of H-pyrrole nitrogens is 1. The van der Waals surface area contributed by atoms with E-state index in [9.17, 15) is 14.7 Å². The minimum absolute atomic E-state index is 0.0281. The van der Waals surface area contributed by atoms with E-state index in [1.54, 1.807) is 17.0 Å². The molecule has 2 atom stereocenters. The average Bonchev–Trinajstić information content (AvgIpc) is 3.35. The number of hydrogen-bond donors (Lipinski definition) is 2. The number of imide groups is 1. The molecule has 3 heterocycles. The lowest BCUT2D eigenvalue weighted by molar-refractivity contribution is -0.128. The van der Waals surface area contributed by atoms with E-state index >= 15 is 0 Å². The molecule has 1 saturated heterocycles. The van der Waals surface area contributed by atoms with Crippen molar-refractivity contribution in [1.29, 1.82) is 0 Å². The quantitative estimate of drug-likeness (QED) is 0.162. The van der Waals surface area contributed by atoms with Crippen molar-refractivity contribution in [2.45, 2.75) is 37.8 Å². The SMILES string of the molecule is COc1ccc([C@@H]2c3[nH]c4ccccc4c3C[C@H]3C(=O)N(CCCCCN=[N+]=[N-])C(=O)N23)cc1O. The van der Waals surface area contributed by atoms with Crippen LogP contribution in [-0.2, 0) is 11.2 Å². The largest absolute Gasteiger partial charge is 0.504 e. The Bertz CT molecular complexity index is 1340. The van der Waals surface area contributed by atoms with Crippen molar-refractivity contribution < 1.29 is 19.4 Å². The Morgan fingerprint density at radius 1 is 1.20 bits per heavy atom. The molecule has 0 saturated carbocycles. The van der Waals surface area contributed by atoms with Gasteiger partial charge in [0.1, 0.15) is 12.1 Å². The second-order valence-electron chi connectivity index (χ2n) is 8.81. The minimum atomic E-state index is -0.619. The molecule has 1 fully saturated rings. The summed E-state index contributed by atoms with van der Waals surface area (Å²) >= 11 is 0. The summed E-state index contributed by atoms with van der Waals surface area (Å²) in [6.45, 7) is 0.716. The maximum atomic E-state index is 13.6. The Labute approximate surface area is 201 Å². The predicted molar refractivity (Wildman–Crippen MR) is 129 cm³/mol. The zero-order valence-corrected chi connectivity index (χ0v) is 19.3. The number of aromatic nitrogens is 1. The van der Waals surface area contributed by atoms with Gasteiger partial charge in [0, 0.05) is 41.0 Å². The first-order chi connectivity index (χ1) is 17.0. The minimum Gasteiger partial charge on any atom is -0.504 e. The number of azide groups is 1. The van der Waals surface area contributed by atoms with E-state index in [2.05, 4.69) is 15.0 Å². The number of aromatic hydroxyl groups is 1. The smallest absolute Gasteiger partial charge is 0.328 e. The highest BCUT2D eigenvalue weighted by atomic mass is 16.5. The second kappa shape index (κ2) is 9.23. The van der Waals surface area contributed by atoms with Crippen LogP contribution < -0.4 is 4.74 Å². The highest BCUT2D eigenvalue weighted by Gasteiger charge is 2.52. The lowest BCUT2D eigenvalue weighted by Crippen LogP contribution is -2.44. The molecule has 5 rings (SSSR count). The van der Waals surface area contributed by atoms with Crippen LogP contribution in [0.1, 0.15) is 42.1 Å². The summed E-state index contributed by atoms with van der Waals surface area (Å²) in [6.07, 6.45) is 2.52. The van der Waals surface area contributed by atoms with Crippen molar-refractivity contribution in [2.75, 3.05) is 20.2 Å². The van der Waals surface area contributed by atoms with Gasteiger partial charge in [-0.25, -0.2) is 4.79 Å². The summed E-state index contributed by atoms with van der Waals surface area (Å²) in [4.78, 5) is 36.2. The molecule has 2 aliphatic heterocycles. The summed E-state index contributed by atoms with van der Waals surface area (Å²) in [5.74, 6) is 0.104. The third-order valence-electron chi connectivity index (χ3n) is 6.86. The number of ether oxygens (including phenoxy) is 1. The topological polar surface area (TPSA) is 135 Å². The van der Waals surface area contributed by atoms with Gasteiger partial charge in [0.25, 0.3) is 5.91 Å². The fraction of sp³-hybridized carbons (Fsp3) is 0.360. The zero-order chi connectivity index (χ0) is 24.5. The number of benzene rings is 2. The standard InChI is InChI=1S/C25H26N6O4/c1-35-21-10-9-15(13-20(21)32)23-22-17(16-7-3-4-8-18(16)28-22)14-19-24(33)30(25(34)31(19)23)12-6-2-5-11-27-29-26/h3-4,7-10,13,19,23,28,32H,2,5-6,11-12,14H2,1H3/t19-,23+/m0/s1. The third-order valence-corrected chi connectivity index (χ3v) is 6.86. The summed E-state index contributed by atoms with van der Waals surface area (Å²) in [7, 11) is 1.48. The summed E-state index contributed by atoms with van der Waals surface area (Å²) in [6, 6.07) is 11.5. The predicted octanol–water partition coefficient (Wildman–Crippen LogP) is 4.64. The summed E-state index contributed by atoms with van der Waals surface area (Å²) in [5.41, 5.74) is 11.9. The van der Waals surface area contributed by atoms with Gasteiger partial charge in [-0.1, -0.05) is 35.8 Å². The number of carbonyl (C=O) groups excluding carboxylic acids is 2. The summed E-state index contributed by atoms with van der Waals surface area (Å²) < 4.78 is 5.20. The Balaban J connectivity index is 1.51. The number of nitrogens with zero attached hydrogens (tertiary/aromatic N) is 5. The number of para-hydroxylation sites is 1. The van der Waals surface area contributed by atoms with E-state index in [1.807, 2.05) is 30.3 Å². The van der Waals surface area contributed by atoms with Crippen LogP contribution in [0.2, 0.25) is 0 Å². The number of carbonyl (C=O) groups is 2. The fourth-order valence-corrected chi connectivity index (χ4v) is 5.23. The van der Waals surface area contributed by atoms with Gasteiger partial charge in [-0.05, 0) is 47.7 Å². The molecular weight excluding hydrogens is 448 g/mol. The number of aromatic amines is 1. The number of rotatable bonds is 8. The van der Waals surface area contributed by atoms with E-state index in [4.69, 9.17) is 10.3 Å². The van der Waals surface area contributed by atoms with Gasteiger partial charge >= 0.3 is 6.03 Å². The maximum absolute atomic E-state index is 13.6. The molecule has 0 unspecified atom stereocenters. The Kier molecular flexibility index (Phi) is 5.96. The highest BCUT2D eigenvalue weighted by Crippen LogP contribution is 2.45. The number of phenols is 1. The first kappa shape index (κ1) is 22.6. The number of nitrogens with one attached hydrogen (secondary N) is 1. The molecule has 1 aromatic heterocycles. The van der Waals surface area contributed by atoms with Crippen LogP contribution in [0.3, 0.4) is 0 Å². The van der Waals surface area contributed by atoms with Gasteiger partial charge < -0.3 is 14.8 Å². The molecule has 2 aromatic carbocycles. The third kappa shape index (κ3) is 3.81. The normalized spacial score (nSPS) is 19.0. The van der Waals surface area contributed by atoms with Crippen molar-refractivity contribution in [2.24, 2.45) is 5.11 Å². The molecule has 0 aliphatic carbocycles. The van der Waals surface area contributed by atoms with Gasteiger partial charge in [-0.3, -0.25) is 14.6 Å². The van der Waals surface area contributed by atoms with Crippen LogP contribution in [0.15, 0.2) is 47.6 Å². The average molecular weight is 475 g/mol. The molecule has 3 amide bonds. The Morgan fingerprint density at radius 3 is 2.80 bits per heavy atom. The number of phenolic OH excluding ortho intramolecular Hbond substituents is 1. The summed E-state index contributed by atoms with van der Waals surface area (Å²) in [5, 5.41) is 15.0. The van der Waals surface area contributed by atoms with Gasteiger partial charge in [0.15, 0.2) is 11.5 Å². The van der Waals surface area contributed by atoms with E-state index in [1.165, 1.54) is 12.0 Å². The van der Waals surface area contributed by atoms with Crippen molar-refractivity contribution in [3.8, 4) is 11.5 Å². The fourth-order valence-electron chi connectivity index (χ4n) is 5.23. The van der Waals surface area contributed by atoms with Crippen LogP contribution in [0.25, 0.3) is 21.3 Å². The molecule has 10 nitrogen and oxygen atoms in total. The molecule has 10 heteroatoms. The van der Waals surface area contributed by atoms with E-state index < -0.39 is 12.1 Å². The number of amides is 3. The van der Waals surface area contributed by atoms with Gasteiger partial charge in [-0.2, -0.15) is 0 Å². The molecular formula is C25H26N6O4. The molecule has 35 heavy (non-hydrogen) atoms. The molecule has 3 aromatic rings. The van der Waals surface area contributed by atoms with Crippen LogP contribution in [-0.4, -0.2) is 58.1 Å². The first-order valence-electron chi connectivity index (χ1n) is 11.7. The van der Waals surface area contributed by atoms with Gasteiger partial charge in [0.05, 0.1) is 7.11 Å². The number of fused-ring (bicyclic) bond motifs is 4. The Morgan fingerprint density at radius 2 is 2.03 bits per heavy atom. The second-order valence-corrected chi connectivity index (χ2v) is 8.81. The number of methoxy groups -OCH3 is 1. The van der Waals surface area contributed by atoms with Crippen molar-refractivity contribution in [3.05, 3.63) is 69.7 Å². The monoisotopic (exact) mass is 474 g/mol. The molecule has 0 spiro atoms. The van der Waals surface area contributed by atoms with Gasteiger partial charge in [0.2, 0.25) is 0 Å². The number of hydrogen-bond acceptors (Lipinski definition) is 5. The molecule has 2 aliphatic rings. The van der Waals surface area contributed by atoms with Crippen LogP contribution in [0, 0.1) is 0 Å². The van der Waals surface area contributed by atoms with Crippen LogP contribution >= 0.6 is 0 Å². The number of urea groups is 1. The lowest BCUT2D eigenvalue weighted by Gasteiger charge is -2.36. The van der Waals surface area contributed by atoms with E-state index in [0.29, 0.717) is 43.7 Å². The van der Waals surface area contributed by atoms with Crippen LogP contribution in [0.5, 0.6) is 11.5 Å². The van der Waals surface area contributed by atoms with Crippen molar-refractivity contribution >= 4 is 22.8 Å². The number of unbranched alkanes of at least 4 members (excludes halogenated alkanes) is 2. The molecule has 180 valence electrons. The Hall–Kier alpha value is -4.17.